The van der Waals surface area contributed by atoms with E-state index in [4.69, 9.17) is 0 Å². The minimum absolute atomic E-state index is 0.701. The van der Waals surface area contributed by atoms with Crippen LogP contribution in [0.25, 0.3) is 17.0 Å². The summed E-state index contributed by atoms with van der Waals surface area (Å²) >= 11 is 0. The molecular weight excluding hydrogens is 186 g/mol. The minimum atomic E-state index is 0.701. The Labute approximate surface area is 88.3 Å². The molecule has 0 aliphatic carbocycles. The molecule has 0 aliphatic heterocycles. The van der Waals surface area contributed by atoms with Crippen molar-refractivity contribution in [2.45, 2.75) is 6.92 Å². The van der Waals surface area contributed by atoms with E-state index in [1.807, 2.05) is 36.4 Å². The third-order valence-electron chi connectivity index (χ3n) is 2.19. The molecule has 0 spiro atoms. The fraction of sp³-hybridized carbons (Fsp3) is 0.0769. The van der Waals surface area contributed by atoms with E-state index < -0.39 is 0 Å². The van der Waals surface area contributed by atoms with E-state index >= 15 is 0 Å². The Hall–Kier alpha value is -1.96. The number of hydrogen-bond acceptors (Lipinski definition) is 2. The molecule has 2 rings (SSSR count). The molecule has 0 amide bonds. The second kappa shape index (κ2) is 4.05. The third kappa shape index (κ3) is 2.10. The highest BCUT2D eigenvalue weighted by molar-refractivity contribution is 5.84. The van der Waals surface area contributed by atoms with Crippen LogP contribution < -0.4 is 0 Å². The van der Waals surface area contributed by atoms with Gasteiger partial charge in [0.05, 0.1) is 5.52 Å². The molecule has 2 heteroatoms. The summed E-state index contributed by atoms with van der Waals surface area (Å²) in [6, 6.07) is 9.94. The molecule has 0 fully saturated rings. The SMILES string of the molecule is C/C(C=O)=C\c1cnc2ccccc2c1. The van der Waals surface area contributed by atoms with Crippen molar-refractivity contribution in [3.63, 3.8) is 0 Å². The van der Waals surface area contributed by atoms with Gasteiger partial charge in [0.2, 0.25) is 0 Å². The van der Waals surface area contributed by atoms with Crippen LogP contribution >= 0.6 is 0 Å². The molecule has 74 valence electrons. The number of fused-ring (bicyclic) bond motifs is 1. The average molecular weight is 197 g/mol. The summed E-state index contributed by atoms with van der Waals surface area (Å²) in [7, 11) is 0. The first-order valence-corrected chi connectivity index (χ1v) is 4.78. The van der Waals surface area contributed by atoms with Crippen molar-refractivity contribution >= 4 is 23.3 Å². The Balaban J connectivity index is 2.52. The predicted molar refractivity (Wildman–Crippen MR) is 61.5 cm³/mol. The Morgan fingerprint density at radius 2 is 2.13 bits per heavy atom. The Morgan fingerprint density at radius 1 is 1.33 bits per heavy atom. The van der Waals surface area contributed by atoms with E-state index in [-0.39, 0.29) is 0 Å². The molecule has 1 aromatic heterocycles. The zero-order chi connectivity index (χ0) is 10.7. The van der Waals surface area contributed by atoms with E-state index in [0.29, 0.717) is 5.57 Å². The lowest BCUT2D eigenvalue weighted by molar-refractivity contribution is -0.104. The summed E-state index contributed by atoms with van der Waals surface area (Å²) in [5.41, 5.74) is 2.63. The van der Waals surface area contributed by atoms with Gasteiger partial charge in [-0.15, -0.1) is 0 Å². The zero-order valence-electron chi connectivity index (χ0n) is 8.47. The molecule has 0 aliphatic rings. The van der Waals surface area contributed by atoms with Gasteiger partial charge >= 0.3 is 0 Å². The summed E-state index contributed by atoms with van der Waals surface area (Å²) in [4.78, 5) is 14.8. The fourth-order valence-electron chi connectivity index (χ4n) is 1.46. The molecule has 1 heterocycles. The van der Waals surface area contributed by atoms with Gasteiger partial charge in [0.1, 0.15) is 6.29 Å². The van der Waals surface area contributed by atoms with Crippen molar-refractivity contribution in [1.29, 1.82) is 0 Å². The first-order chi connectivity index (χ1) is 7.29. The van der Waals surface area contributed by atoms with E-state index in [9.17, 15) is 4.79 Å². The van der Waals surface area contributed by atoms with Gasteiger partial charge < -0.3 is 0 Å². The number of benzene rings is 1. The van der Waals surface area contributed by atoms with Crippen LogP contribution in [0.4, 0.5) is 0 Å². The second-order valence-electron chi connectivity index (χ2n) is 3.47. The summed E-state index contributed by atoms with van der Waals surface area (Å²) in [5, 5.41) is 1.09. The van der Waals surface area contributed by atoms with Gasteiger partial charge in [-0.3, -0.25) is 9.78 Å². The number of para-hydroxylation sites is 1. The highest BCUT2D eigenvalue weighted by atomic mass is 16.1. The smallest absolute Gasteiger partial charge is 0.145 e. The minimum Gasteiger partial charge on any atom is -0.298 e. The van der Waals surface area contributed by atoms with Crippen LogP contribution in [0.1, 0.15) is 12.5 Å². The number of pyridine rings is 1. The quantitative estimate of drug-likeness (QED) is 0.547. The van der Waals surface area contributed by atoms with E-state index in [0.717, 1.165) is 22.8 Å². The van der Waals surface area contributed by atoms with Gasteiger partial charge in [0.15, 0.2) is 0 Å². The normalized spacial score (nSPS) is 11.7. The first kappa shape index (κ1) is 9.59. The van der Waals surface area contributed by atoms with E-state index in [1.54, 1.807) is 13.1 Å². The number of aromatic nitrogens is 1. The Morgan fingerprint density at radius 3 is 2.93 bits per heavy atom. The molecule has 15 heavy (non-hydrogen) atoms. The van der Waals surface area contributed by atoms with Crippen molar-refractivity contribution in [2.24, 2.45) is 0 Å². The van der Waals surface area contributed by atoms with E-state index in [2.05, 4.69) is 4.98 Å². The number of carbonyl (C=O) groups excluding carboxylic acids is 1. The standard InChI is InChI=1S/C13H11NO/c1-10(9-15)6-11-7-12-4-2-3-5-13(12)14-8-11/h2-9H,1H3/b10-6+. The van der Waals surface area contributed by atoms with Gasteiger partial charge in [-0.25, -0.2) is 0 Å². The van der Waals surface area contributed by atoms with Crippen LogP contribution in [0, 0.1) is 0 Å². The van der Waals surface area contributed by atoms with Crippen LogP contribution in [-0.2, 0) is 4.79 Å². The van der Waals surface area contributed by atoms with Crippen LogP contribution in [0.3, 0.4) is 0 Å². The second-order valence-corrected chi connectivity index (χ2v) is 3.47. The van der Waals surface area contributed by atoms with Crippen LogP contribution in [0.5, 0.6) is 0 Å². The molecule has 0 atom stereocenters. The zero-order valence-corrected chi connectivity index (χ0v) is 8.47. The first-order valence-electron chi connectivity index (χ1n) is 4.78. The molecule has 0 unspecified atom stereocenters. The van der Waals surface area contributed by atoms with Crippen LogP contribution in [0.2, 0.25) is 0 Å². The monoisotopic (exact) mass is 197 g/mol. The fourth-order valence-corrected chi connectivity index (χ4v) is 1.46. The largest absolute Gasteiger partial charge is 0.298 e. The highest BCUT2D eigenvalue weighted by Gasteiger charge is 1.95. The number of carbonyl (C=O) groups is 1. The highest BCUT2D eigenvalue weighted by Crippen LogP contribution is 2.14. The summed E-state index contributed by atoms with van der Waals surface area (Å²) in [6.07, 6.45) is 4.44. The van der Waals surface area contributed by atoms with Gasteiger partial charge in [-0.05, 0) is 36.3 Å². The molecule has 2 aromatic rings. The molecule has 0 bridgehead atoms. The molecule has 0 radical (unpaired) electrons. The molecule has 1 aromatic carbocycles. The van der Waals surface area contributed by atoms with Crippen molar-refractivity contribution in [2.75, 3.05) is 0 Å². The topological polar surface area (TPSA) is 30.0 Å². The molecule has 0 saturated carbocycles. The maximum Gasteiger partial charge on any atom is 0.145 e. The number of aldehydes is 1. The van der Waals surface area contributed by atoms with Crippen molar-refractivity contribution < 1.29 is 4.79 Å². The van der Waals surface area contributed by atoms with Crippen molar-refractivity contribution in [3.05, 3.63) is 47.7 Å². The summed E-state index contributed by atoms with van der Waals surface area (Å²) < 4.78 is 0. The maximum atomic E-state index is 10.5. The van der Waals surface area contributed by atoms with Gasteiger partial charge in [0, 0.05) is 11.6 Å². The third-order valence-corrected chi connectivity index (χ3v) is 2.19. The van der Waals surface area contributed by atoms with Gasteiger partial charge in [-0.2, -0.15) is 0 Å². The number of rotatable bonds is 2. The van der Waals surface area contributed by atoms with E-state index in [1.165, 1.54) is 0 Å². The van der Waals surface area contributed by atoms with Crippen LogP contribution in [-0.4, -0.2) is 11.3 Å². The maximum absolute atomic E-state index is 10.5. The van der Waals surface area contributed by atoms with Crippen molar-refractivity contribution in [1.82, 2.24) is 4.98 Å². The Kier molecular flexibility index (Phi) is 2.59. The molecule has 0 N–H and O–H groups in total. The average Bonchev–Trinajstić information content (AvgIpc) is 2.29. The molecular formula is C13H11NO. The summed E-state index contributed by atoms with van der Waals surface area (Å²) in [6.45, 7) is 1.78. The number of allylic oxidation sites excluding steroid dienone is 1. The lowest BCUT2D eigenvalue weighted by Crippen LogP contribution is -1.82. The van der Waals surface area contributed by atoms with Crippen molar-refractivity contribution in [3.8, 4) is 0 Å². The van der Waals surface area contributed by atoms with Crippen LogP contribution in [0.15, 0.2) is 42.1 Å². The van der Waals surface area contributed by atoms with Gasteiger partial charge in [0.25, 0.3) is 0 Å². The molecule has 2 nitrogen and oxygen atoms in total. The number of hydrogen-bond donors (Lipinski definition) is 0. The summed E-state index contributed by atoms with van der Waals surface area (Å²) in [5.74, 6) is 0. The lowest BCUT2D eigenvalue weighted by Gasteiger charge is -1.98. The van der Waals surface area contributed by atoms with Gasteiger partial charge in [-0.1, -0.05) is 18.2 Å². The predicted octanol–water partition coefficient (Wildman–Crippen LogP) is 2.84. The Bertz CT molecular complexity index is 529. The number of nitrogens with zero attached hydrogens (tertiary/aromatic N) is 1. The lowest BCUT2D eigenvalue weighted by atomic mass is 10.1. The molecule has 0 saturated heterocycles.